The summed E-state index contributed by atoms with van der Waals surface area (Å²) in [6.45, 7) is 6.73. The number of Topliss-reactive ketones (excluding diaryl/α,β-unsaturated/α-hetero) is 1. The van der Waals surface area contributed by atoms with Gasteiger partial charge in [-0.15, -0.1) is 11.3 Å². The van der Waals surface area contributed by atoms with Crippen LogP contribution in [0.2, 0.25) is 0 Å². The fourth-order valence-corrected chi connectivity index (χ4v) is 5.97. The number of carbonyl (C=O) groups excluding carboxylic acids is 1. The minimum atomic E-state index is -1.15. The number of thiophene rings is 1. The van der Waals surface area contributed by atoms with Gasteiger partial charge in [0.1, 0.15) is 11.3 Å². The average Bonchev–Trinajstić information content (AvgIpc) is 3.66. The molecule has 224 valence electrons. The van der Waals surface area contributed by atoms with Gasteiger partial charge in [-0.2, -0.15) is 4.98 Å². The lowest BCUT2D eigenvalue weighted by Crippen LogP contribution is -2.32. The number of fused-ring (bicyclic) bond motifs is 1. The smallest absolute Gasteiger partial charge is 0.282 e. The number of rotatable bonds is 9. The highest BCUT2D eigenvalue weighted by atomic mass is 32.1. The molecule has 2 aromatic carbocycles. The Labute approximate surface area is 255 Å². The van der Waals surface area contributed by atoms with Crippen LogP contribution in [0.1, 0.15) is 41.3 Å². The zero-order valence-electron chi connectivity index (χ0n) is 24.4. The molecule has 44 heavy (non-hydrogen) atoms. The number of nitrogens with zero attached hydrogens (tertiary/aromatic N) is 5. The molecule has 0 fully saturated rings. The number of carbonyl (C=O) groups is 1. The van der Waals surface area contributed by atoms with E-state index in [1.165, 1.54) is 28.2 Å². The minimum Gasteiger partial charge on any atom is -0.453 e. The van der Waals surface area contributed by atoms with Gasteiger partial charge in [-0.05, 0) is 63.6 Å². The monoisotopic (exact) mass is 613 g/mol. The number of hydrogen-bond acceptors (Lipinski definition) is 9. The van der Waals surface area contributed by atoms with Crippen molar-refractivity contribution < 1.29 is 23.6 Å². The van der Waals surface area contributed by atoms with Crippen LogP contribution in [0.15, 0.2) is 76.2 Å². The normalized spacial score (nSPS) is 11.8. The predicted molar refractivity (Wildman–Crippen MR) is 163 cm³/mol. The molecule has 4 heterocycles. The number of aromatic nitrogens is 5. The van der Waals surface area contributed by atoms with E-state index in [0.717, 1.165) is 0 Å². The van der Waals surface area contributed by atoms with E-state index in [2.05, 4.69) is 15.1 Å². The molecule has 0 saturated carbocycles. The SMILES string of the molecule is Cc1noc(-c2cc3nccc(Oc4ccc(CC(=O)c5c(C)n(CC(C)(C)O)n(-c6ccccc6)c5=O)cc4F)c3s2)n1. The first-order chi connectivity index (χ1) is 21.0. The van der Waals surface area contributed by atoms with Gasteiger partial charge in [0, 0.05) is 24.4 Å². The molecule has 10 nitrogen and oxygen atoms in total. The molecule has 0 atom stereocenters. The highest BCUT2D eigenvalue weighted by molar-refractivity contribution is 7.22. The van der Waals surface area contributed by atoms with Crippen LogP contribution in [0.25, 0.3) is 26.7 Å². The van der Waals surface area contributed by atoms with Gasteiger partial charge in [-0.25, -0.2) is 9.07 Å². The van der Waals surface area contributed by atoms with Gasteiger partial charge < -0.3 is 14.4 Å². The first-order valence-electron chi connectivity index (χ1n) is 13.8. The number of hydrogen-bond donors (Lipinski definition) is 1. The molecule has 6 aromatic rings. The minimum absolute atomic E-state index is 0.0112. The van der Waals surface area contributed by atoms with Crippen molar-refractivity contribution >= 4 is 27.3 Å². The zero-order valence-corrected chi connectivity index (χ0v) is 25.2. The number of ether oxygens (including phenoxy) is 1. The van der Waals surface area contributed by atoms with Crippen molar-refractivity contribution in [1.82, 2.24) is 24.5 Å². The molecule has 0 saturated heterocycles. The third-order valence-corrected chi connectivity index (χ3v) is 8.03. The van der Waals surface area contributed by atoms with Crippen molar-refractivity contribution in [2.24, 2.45) is 0 Å². The second-order valence-corrected chi connectivity index (χ2v) is 12.1. The van der Waals surface area contributed by atoms with Crippen molar-refractivity contribution in [3.63, 3.8) is 0 Å². The Bertz CT molecular complexity index is 2070. The fraction of sp³-hybridized carbons (Fsp3) is 0.219. The van der Waals surface area contributed by atoms with Crippen molar-refractivity contribution in [3.8, 4) is 28.0 Å². The van der Waals surface area contributed by atoms with Crippen LogP contribution in [0.5, 0.6) is 11.5 Å². The van der Waals surface area contributed by atoms with Crippen LogP contribution in [0.4, 0.5) is 4.39 Å². The molecule has 12 heteroatoms. The number of halogens is 1. The fourth-order valence-electron chi connectivity index (χ4n) is 4.98. The van der Waals surface area contributed by atoms with Crippen LogP contribution in [-0.2, 0) is 13.0 Å². The Morgan fingerprint density at radius 3 is 2.55 bits per heavy atom. The van der Waals surface area contributed by atoms with Crippen LogP contribution in [-0.4, -0.2) is 41.0 Å². The van der Waals surface area contributed by atoms with E-state index in [1.54, 1.807) is 81.0 Å². The standard InChI is InChI=1S/C32H28FN5O5S/c1-18-28(31(40)38(21-8-6-5-7-9-21)37(18)17-32(3,4)41)24(39)15-20-10-11-25(22(33)14-20)42-26-12-13-34-23-16-27(44-29(23)26)30-35-19(2)36-43-30/h5-14,16,41H,15,17H2,1-4H3. The predicted octanol–water partition coefficient (Wildman–Crippen LogP) is 6.04. The summed E-state index contributed by atoms with van der Waals surface area (Å²) in [5.74, 6) is 0.108. The Hall–Kier alpha value is -4.94. The van der Waals surface area contributed by atoms with E-state index in [9.17, 15) is 14.7 Å². The maximum Gasteiger partial charge on any atom is 0.282 e. The summed E-state index contributed by atoms with van der Waals surface area (Å²) in [5.41, 5.74) is 0.326. The molecule has 6 rings (SSSR count). The summed E-state index contributed by atoms with van der Waals surface area (Å²) in [6, 6.07) is 16.6. The molecule has 0 aliphatic rings. The van der Waals surface area contributed by atoms with Crippen LogP contribution >= 0.6 is 11.3 Å². The van der Waals surface area contributed by atoms with E-state index in [1.807, 2.05) is 6.07 Å². The average molecular weight is 614 g/mol. The van der Waals surface area contributed by atoms with E-state index in [0.29, 0.717) is 49.5 Å². The largest absolute Gasteiger partial charge is 0.453 e. The lowest BCUT2D eigenvalue weighted by Gasteiger charge is -2.22. The van der Waals surface area contributed by atoms with E-state index in [4.69, 9.17) is 9.26 Å². The summed E-state index contributed by atoms with van der Waals surface area (Å²) in [5, 5.41) is 14.4. The van der Waals surface area contributed by atoms with Crippen LogP contribution < -0.4 is 10.3 Å². The van der Waals surface area contributed by atoms with Gasteiger partial charge in [-0.3, -0.25) is 19.3 Å². The van der Waals surface area contributed by atoms with E-state index in [-0.39, 0.29) is 24.3 Å². The maximum atomic E-state index is 15.3. The third kappa shape index (κ3) is 5.69. The Balaban J connectivity index is 1.27. The molecule has 0 unspecified atom stereocenters. The molecule has 0 radical (unpaired) electrons. The number of aliphatic hydroxyl groups is 1. The molecular formula is C32H28FN5O5S. The number of benzene rings is 2. The number of pyridine rings is 1. The van der Waals surface area contributed by atoms with E-state index < -0.39 is 22.8 Å². The molecule has 0 bridgehead atoms. The van der Waals surface area contributed by atoms with E-state index >= 15 is 4.39 Å². The first-order valence-corrected chi connectivity index (χ1v) is 14.6. The molecule has 1 N–H and O–H groups in total. The highest BCUT2D eigenvalue weighted by Crippen LogP contribution is 2.39. The molecule has 4 aromatic heterocycles. The van der Waals surface area contributed by atoms with Gasteiger partial charge in [0.25, 0.3) is 11.4 Å². The lowest BCUT2D eigenvalue weighted by molar-refractivity contribution is 0.0546. The summed E-state index contributed by atoms with van der Waals surface area (Å²) >= 11 is 1.33. The molecule has 0 amide bonds. The van der Waals surface area contributed by atoms with Crippen molar-refractivity contribution in [1.29, 1.82) is 0 Å². The van der Waals surface area contributed by atoms with Gasteiger partial charge in [-0.1, -0.05) is 29.4 Å². The van der Waals surface area contributed by atoms with Gasteiger partial charge >= 0.3 is 0 Å². The Kier molecular flexibility index (Phi) is 7.48. The van der Waals surface area contributed by atoms with Crippen molar-refractivity contribution in [2.75, 3.05) is 0 Å². The first kappa shape index (κ1) is 29.1. The molecule has 0 aliphatic heterocycles. The molecule has 0 aliphatic carbocycles. The van der Waals surface area contributed by atoms with Crippen molar-refractivity contribution in [2.45, 2.75) is 46.3 Å². The Morgan fingerprint density at radius 2 is 1.86 bits per heavy atom. The molecular weight excluding hydrogens is 585 g/mol. The van der Waals surface area contributed by atoms with Gasteiger partial charge in [0.05, 0.1) is 32.9 Å². The maximum absolute atomic E-state index is 15.3. The van der Waals surface area contributed by atoms with Crippen LogP contribution in [0, 0.1) is 19.7 Å². The quantitative estimate of drug-likeness (QED) is 0.196. The second kappa shape index (κ2) is 11.3. The van der Waals surface area contributed by atoms with Gasteiger partial charge in [0.15, 0.2) is 23.2 Å². The summed E-state index contributed by atoms with van der Waals surface area (Å²) in [6.07, 6.45) is 1.36. The van der Waals surface area contributed by atoms with Crippen molar-refractivity contribution in [3.05, 3.63) is 106 Å². The Morgan fingerprint density at radius 1 is 1.09 bits per heavy atom. The summed E-state index contributed by atoms with van der Waals surface area (Å²) in [7, 11) is 0. The summed E-state index contributed by atoms with van der Waals surface area (Å²) in [4.78, 5) is 36.4. The zero-order chi connectivity index (χ0) is 31.2. The van der Waals surface area contributed by atoms with Gasteiger partial charge in [0.2, 0.25) is 0 Å². The van der Waals surface area contributed by atoms with Crippen LogP contribution in [0.3, 0.4) is 0 Å². The summed E-state index contributed by atoms with van der Waals surface area (Å²) < 4.78 is 30.2. The highest BCUT2D eigenvalue weighted by Gasteiger charge is 2.27. The lowest BCUT2D eigenvalue weighted by atomic mass is 10.0. The topological polar surface area (TPSA) is 125 Å². The second-order valence-electron chi connectivity index (χ2n) is 11.0. The third-order valence-electron chi connectivity index (χ3n) is 6.91. The number of para-hydroxylation sites is 1. The number of aryl methyl sites for hydroxylation is 1. The molecule has 0 spiro atoms. The number of ketones is 1.